The van der Waals surface area contributed by atoms with Gasteiger partial charge in [-0.3, -0.25) is 4.79 Å². The summed E-state index contributed by atoms with van der Waals surface area (Å²) in [6, 6.07) is 5.85. The van der Waals surface area contributed by atoms with Crippen LogP contribution in [0.4, 0.5) is 5.69 Å². The van der Waals surface area contributed by atoms with Gasteiger partial charge in [-0.25, -0.2) is 13.1 Å². The van der Waals surface area contributed by atoms with E-state index in [2.05, 4.69) is 15.3 Å². The van der Waals surface area contributed by atoms with Gasteiger partial charge in [-0.2, -0.15) is 5.10 Å². The van der Waals surface area contributed by atoms with Crippen LogP contribution in [0.15, 0.2) is 49.2 Å². The lowest BCUT2D eigenvalue weighted by Crippen LogP contribution is -2.21. The predicted molar refractivity (Wildman–Crippen MR) is 84.0 cm³/mol. The van der Waals surface area contributed by atoms with Gasteiger partial charge in [0.05, 0.1) is 10.6 Å². The van der Waals surface area contributed by atoms with Crippen LogP contribution in [0, 0.1) is 13.8 Å². The molecule has 1 aromatic heterocycles. The smallest absolute Gasteiger partial charge is 0.294 e. The lowest BCUT2D eigenvalue weighted by atomic mass is 10.2. The fourth-order valence-corrected chi connectivity index (χ4v) is 3.79. The Morgan fingerprint density at radius 3 is 2.50 bits per heavy atom. The van der Waals surface area contributed by atoms with E-state index in [1.807, 2.05) is 0 Å². The molecule has 0 fully saturated rings. The normalized spacial score (nSPS) is 16.0. The molecule has 1 aliphatic heterocycles. The van der Waals surface area contributed by atoms with Gasteiger partial charge < -0.3 is 5.11 Å². The minimum absolute atomic E-state index is 0.0449. The van der Waals surface area contributed by atoms with Crippen LogP contribution in [-0.2, 0) is 16.9 Å². The molecule has 0 amide bonds. The molecular formula is C15H13N4O4S-. The van der Waals surface area contributed by atoms with Crippen molar-refractivity contribution in [3.8, 4) is 0 Å². The summed E-state index contributed by atoms with van der Waals surface area (Å²) in [6.07, 6.45) is 0. The molecule has 0 saturated heterocycles. The maximum Gasteiger partial charge on any atom is 0.294 e. The van der Waals surface area contributed by atoms with Crippen LogP contribution >= 0.6 is 0 Å². The van der Waals surface area contributed by atoms with Gasteiger partial charge in [-0.05, 0) is 25.5 Å². The molecule has 0 saturated carbocycles. The molecule has 9 heteroatoms. The molecule has 2 heterocycles. The van der Waals surface area contributed by atoms with Gasteiger partial charge >= 0.3 is 0 Å². The summed E-state index contributed by atoms with van der Waals surface area (Å²) in [6.45, 7) is 3.32. The minimum Gasteiger partial charge on any atom is -0.870 e. The summed E-state index contributed by atoms with van der Waals surface area (Å²) in [4.78, 5) is 12.0. The zero-order valence-corrected chi connectivity index (χ0v) is 14.0. The second-order valence-corrected chi connectivity index (χ2v) is 7.16. The van der Waals surface area contributed by atoms with Crippen molar-refractivity contribution in [2.75, 3.05) is 0 Å². The van der Waals surface area contributed by atoms with Crippen molar-refractivity contribution in [2.24, 2.45) is 17.3 Å². The molecule has 24 heavy (non-hydrogen) atoms. The topological polar surface area (TPSA) is 117 Å². The van der Waals surface area contributed by atoms with Gasteiger partial charge in [-0.15, -0.1) is 10.2 Å². The Bertz CT molecular complexity index is 1080. The molecule has 0 radical (unpaired) electrons. The number of fused-ring (bicyclic) bond motifs is 1. The first-order valence-electron chi connectivity index (χ1n) is 6.97. The summed E-state index contributed by atoms with van der Waals surface area (Å²) in [5, 5.41) is 23.0. The van der Waals surface area contributed by atoms with E-state index in [1.165, 1.54) is 25.2 Å². The Labute approximate surface area is 137 Å². The van der Waals surface area contributed by atoms with Gasteiger partial charge in [0.2, 0.25) is 9.84 Å². The zero-order valence-electron chi connectivity index (χ0n) is 13.1. The fraction of sp³-hybridized carbons (Fsp3) is 0.200. The number of rotatable bonds is 2. The zero-order chi connectivity index (χ0) is 17.6. The van der Waals surface area contributed by atoms with E-state index in [1.54, 1.807) is 19.9 Å². The van der Waals surface area contributed by atoms with Crippen LogP contribution in [-0.4, -0.2) is 18.2 Å². The molecule has 0 atom stereocenters. The third kappa shape index (κ3) is 2.24. The second kappa shape index (κ2) is 5.38. The summed E-state index contributed by atoms with van der Waals surface area (Å²) in [5.41, 5.74) is 0.518. The van der Waals surface area contributed by atoms with Crippen LogP contribution in [0.1, 0.15) is 16.8 Å². The van der Waals surface area contributed by atoms with E-state index in [9.17, 15) is 18.3 Å². The lowest BCUT2D eigenvalue weighted by molar-refractivity contribution is -0.244. The monoisotopic (exact) mass is 345 g/mol. The highest BCUT2D eigenvalue weighted by molar-refractivity contribution is 7.95. The number of azo groups is 1. The van der Waals surface area contributed by atoms with Crippen LogP contribution in [0.25, 0.3) is 5.76 Å². The first-order valence-corrected chi connectivity index (χ1v) is 8.45. The quantitative estimate of drug-likeness (QED) is 0.751. The first kappa shape index (κ1) is 16.1. The van der Waals surface area contributed by atoms with Crippen molar-refractivity contribution in [2.45, 2.75) is 18.7 Å². The Balaban J connectivity index is 2.16. The van der Waals surface area contributed by atoms with Gasteiger partial charge in [0.15, 0.2) is 10.7 Å². The summed E-state index contributed by atoms with van der Waals surface area (Å²) >= 11 is 0. The lowest BCUT2D eigenvalue weighted by Gasteiger charge is -2.07. The molecule has 1 aromatic carbocycles. The molecule has 0 spiro atoms. The summed E-state index contributed by atoms with van der Waals surface area (Å²) < 4.78 is 25.9. The number of hydrogen-bond donors (Lipinski definition) is 0. The van der Waals surface area contributed by atoms with E-state index >= 15 is 0 Å². The molecule has 124 valence electrons. The van der Waals surface area contributed by atoms with Crippen LogP contribution < -0.4 is 10.7 Å². The molecule has 2 aromatic rings. The molecule has 0 aliphatic carbocycles. The Kier molecular flexibility index (Phi) is 3.60. The van der Waals surface area contributed by atoms with E-state index < -0.39 is 26.2 Å². The molecule has 0 bridgehead atoms. The number of nitrogens with zero attached hydrogens (tertiary/aromatic N) is 4. The van der Waals surface area contributed by atoms with Crippen LogP contribution in [0.5, 0.6) is 0 Å². The fourth-order valence-electron chi connectivity index (χ4n) is 2.37. The van der Waals surface area contributed by atoms with Gasteiger partial charge in [-0.1, -0.05) is 24.0 Å². The SMILES string of the molecule is Cc1nn(C)c(=O)c(N=NC2=C([O-])c3ccccc3S2(=O)=O)c1C. The molecule has 0 unspecified atom stereocenters. The van der Waals surface area contributed by atoms with Gasteiger partial charge in [0.1, 0.15) is 0 Å². The number of aryl methyl sites for hydroxylation is 2. The number of sulfone groups is 1. The molecule has 1 aliphatic rings. The average molecular weight is 345 g/mol. The predicted octanol–water partition coefficient (Wildman–Crippen LogP) is 0.955. The third-order valence-corrected chi connectivity index (χ3v) is 5.52. The maximum absolute atomic E-state index is 12.4. The van der Waals surface area contributed by atoms with Crippen molar-refractivity contribution in [3.63, 3.8) is 0 Å². The standard InChI is InChI=1S/C15H14N4O4S/c1-8-9(2)18-19(3)15(21)12(8)16-17-14-13(20)10-6-4-5-7-11(10)24(14,22)23/h4-7,20H,1-3H3/p-1. The molecular weight excluding hydrogens is 332 g/mol. The minimum atomic E-state index is -4.03. The Morgan fingerprint density at radius 2 is 1.83 bits per heavy atom. The average Bonchev–Trinajstić information content (AvgIpc) is 2.74. The second-order valence-electron chi connectivity index (χ2n) is 5.32. The Morgan fingerprint density at radius 1 is 1.17 bits per heavy atom. The third-order valence-electron chi connectivity index (χ3n) is 3.81. The molecule has 3 rings (SSSR count). The Hall–Kier alpha value is -2.81. The maximum atomic E-state index is 12.4. The summed E-state index contributed by atoms with van der Waals surface area (Å²) in [5.74, 6) is -0.727. The summed E-state index contributed by atoms with van der Waals surface area (Å²) in [7, 11) is -2.58. The largest absolute Gasteiger partial charge is 0.870 e. The van der Waals surface area contributed by atoms with Crippen molar-refractivity contribution in [1.29, 1.82) is 0 Å². The van der Waals surface area contributed by atoms with Crippen LogP contribution in [0.3, 0.4) is 0 Å². The van der Waals surface area contributed by atoms with Gasteiger partial charge in [0, 0.05) is 12.6 Å². The number of aromatic nitrogens is 2. The van der Waals surface area contributed by atoms with Crippen molar-refractivity contribution in [3.05, 3.63) is 56.5 Å². The van der Waals surface area contributed by atoms with Crippen molar-refractivity contribution >= 4 is 21.3 Å². The van der Waals surface area contributed by atoms with Gasteiger partial charge in [0.25, 0.3) is 5.56 Å². The van der Waals surface area contributed by atoms with E-state index in [0.29, 0.717) is 11.3 Å². The first-order chi connectivity index (χ1) is 11.2. The molecule has 8 nitrogen and oxygen atoms in total. The van der Waals surface area contributed by atoms with E-state index in [0.717, 1.165) is 4.68 Å². The highest BCUT2D eigenvalue weighted by Crippen LogP contribution is 2.37. The van der Waals surface area contributed by atoms with Crippen molar-refractivity contribution < 1.29 is 13.5 Å². The van der Waals surface area contributed by atoms with E-state index in [-0.39, 0.29) is 16.1 Å². The number of hydrogen-bond acceptors (Lipinski definition) is 7. The highest BCUT2D eigenvalue weighted by atomic mass is 32.2. The van der Waals surface area contributed by atoms with Crippen LogP contribution in [0.2, 0.25) is 0 Å². The molecule has 0 N–H and O–H groups in total. The highest BCUT2D eigenvalue weighted by Gasteiger charge is 2.31. The number of benzene rings is 1. The van der Waals surface area contributed by atoms with Crippen molar-refractivity contribution in [1.82, 2.24) is 9.78 Å². The van der Waals surface area contributed by atoms with E-state index in [4.69, 9.17) is 0 Å².